The molecule has 1 rings (SSSR count). The van der Waals surface area contributed by atoms with Gasteiger partial charge in [-0.3, -0.25) is 9.59 Å². The van der Waals surface area contributed by atoms with Crippen LogP contribution in [0.2, 0.25) is 0 Å². The van der Waals surface area contributed by atoms with Gasteiger partial charge in [0.15, 0.2) is 0 Å². The molecule has 0 atom stereocenters. The molecule has 0 radical (unpaired) electrons. The first-order valence-corrected chi connectivity index (χ1v) is 5.06. The van der Waals surface area contributed by atoms with Gasteiger partial charge < -0.3 is 15.1 Å². The van der Waals surface area contributed by atoms with E-state index >= 15 is 0 Å². The summed E-state index contributed by atoms with van der Waals surface area (Å²) in [6.07, 6.45) is 2.55. The normalized spacial score (nSPS) is 16.3. The van der Waals surface area contributed by atoms with E-state index in [0.717, 1.165) is 6.41 Å². The molecule has 0 saturated carbocycles. The Labute approximate surface area is 89.7 Å². The number of hydrogen-bond acceptors (Lipinski definition) is 3. The van der Waals surface area contributed by atoms with Crippen molar-refractivity contribution in [3.05, 3.63) is 12.7 Å². The molecule has 1 saturated heterocycles. The van der Waals surface area contributed by atoms with E-state index in [1.54, 1.807) is 15.9 Å². The highest BCUT2D eigenvalue weighted by atomic mass is 16.2. The summed E-state index contributed by atoms with van der Waals surface area (Å²) >= 11 is 0. The molecular formula is C10H17N3O2. The van der Waals surface area contributed by atoms with Crippen LogP contribution < -0.4 is 5.32 Å². The molecule has 1 N–H and O–H groups in total. The average molecular weight is 211 g/mol. The topological polar surface area (TPSA) is 52.7 Å². The standard InChI is InChI=1S/C10H17N3O2/c1-2-3-11-8-10(15)13-6-4-12(9-14)5-7-13/h2,9,11H,1,3-8H2. The Morgan fingerprint density at radius 2 is 2.00 bits per heavy atom. The fourth-order valence-electron chi connectivity index (χ4n) is 1.47. The van der Waals surface area contributed by atoms with E-state index < -0.39 is 0 Å². The van der Waals surface area contributed by atoms with Crippen molar-refractivity contribution in [1.82, 2.24) is 15.1 Å². The molecule has 2 amide bonds. The minimum absolute atomic E-state index is 0.0856. The van der Waals surface area contributed by atoms with Crippen molar-refractivity contribution >= 4 is 12.3 Å². The summed E-state index contributed by atoms with van der Waals surface area (Å²) in [5.41, 5.74) is 0. The van der Waals surface area contributed by atoms with E-state index in [-0.39, 0.29) is 5.91 Å². The van der Waals surface area contributed by atoms with Gasteiger partial charge in [-0.2, -0.15) is 0 Å². The lowest BCUT2D eigenvalue weighted by atomic mass is 10.3. The Morgan fingerprint density at radius 1 is 1.33 bits per heavy atom. The first kappa shape index (κ1) is 11.7. The van der Waals surface area contributed by atoms with E-state index in [1.807, 2.05) is 0 Å². The summed E-state index contributed by atoms with van der Waals surface area (Å²) in [7, 11) is 0. The average Bonchev–Trinajstić information content (AvgIpc) is 2.29. The van der Waals surface area contributed by atoms with Gasteiger partial charge >= 0.3 is 0 Å². The maximum absolute atomic E-state index is 11.6. The number of carbonyl (C=O) groups is 2. The monoisotopic (exact) mass is 211 g/mol. The zero-order chi connectivity index (χ0) is 11.1. The Bertz CT molecular complexity index is 235. The fraction of sp³-hybridized carbons (Fsp3) is 0.600. The number of rotatable bonds is 5. The number of carbonyl (C=O) groups excluding carboxylic acids is 2. The molecule has 0 unspecified atom stereocenters. The molecule has 0 aromatic rings. The predicted molar refractivity (Wildman–Crippen MR) is 57.3 cm³/mol. The summed E-state index contributed by atoms with van der Waals surface area (Å²) in [6.45, 7) is 7.07. The van der Waals surface area contributed by atoms with Gasteiger partial charge in [0.1, 0.15) is 0 Å². The lowest BCUT2D eigenvalue weighted by molar-refractivity contribution is -0.134. The van der Waals surface area contributed by atoms with E-state index in [0.29, 0.717) is 39.3 Å². The van der Waals surface area contributed by atoms with E-state index in [1.165, 1.54) is 0 Å². The first-order chi connectivity index (χ1) is 7.27. The molecular weight excluding hydrogens is 194 g/mol. The van der Waals surface area contributed by atoms with Crippen LogP contribution in [0.5, 0.6) is 0 Å². The third-order valence-corrected chi connectivity index (χ3v) is 2.38. The lowest BCUT2D eigenvalue weighted by Crippen LogP contribution is -2.50. The van der Waals surface area contributed by atoms with Crippen LogP contribution in [0.3, 0.4) is 0 Å². The smallest absolute Gasteiger partial charge is 0.236 e. The molecule has 84 valence electrons. The summed E-state index contributed by atoms with van der Waals surface area (Å²) in [5, 5.41) is 2.96. The third kappa shape index (κ3) is 3.71. The minimum atomic E-state index is 0.0856. The SMILES string of the molecule is C=CCNCC(=O)N1CCN(C=O)CC1. The number of piperazine rings is 1. The molecule has 0 aromatic carbocycles. The molecule has 15 heavy (non-hydrogen) atoms. The molecule has 0 spiro atoms. The number of amides is 2. The van der Waals surface area contributed by atoms with Crippen LogP contribution in [-0.2, 0) is 9.59 Å². The molecule has 5 heteroatoms. The number of hydrogen-bond donors (Lipinski definition) is 1. The molecule has 0 aliphatic carbocycles. The number of nitrogens with zero attached hydrogens (tertiary/aromatic N) is 2. The Hall–Kier alpha value is -1.36. The van der Waals surface area contributed by atoms with Gasteiger partial charge in [0.2, 0.25) is 12.3 Å². The van der Waals surface area contributed by atoms with Crippen molar-refractivity contribution in [2.24, 2.45) is 0 Å². The second-order valence-electron chi connectivity index (χ2n) is 3.44. The van der Waals surface area contributed by atoms with Gasteiger partial charge in [-0.15, -0.1) is 6.58 Å². The van der Waals surface area contributed by atoms with Crippen LogP contribution in [0.25, 0.3) is 0 Å². The molecule has 0 aromatic heterocycles. The van der Waals surface area contributed by atoms with Crippen molar-refractivity contribution in [1.29, 1.82) is 0 Å². The zero-order valence-corrected chi connectivity index (χ0v) is 8.82. The second-order valence-corrected chi connectivity index (χ2v) is 3.44. The van der Waals surface area contributed by atoms with Crippen LogP contribution >= 0.6 is 0 Å². The van der Waals surface area contributed by atoms with E-state index in [2.05, 4.69) is 11.9 Å². The highest BCUT2D eigenvalue weighted by Gasteiger charge is 2.19. The zero-order valence-electron chi connectivity index (χ0n) is 8.82. The Morgan fingerprint density at radius 3 is 2.53 bits per heavy atom. The minimum Gasteiger partial charge on any atom is -0.342 e. The van der Waals surface area contributed by atoms with Gasteiger partial charge in [0.25, 0.3) is 0 Å². The van der Waals surface area contributed by atoms with E-state index in [4.69, 9.17) is 0 Å². The summed E-state index contributed by atoms with van der Waals surface area (Å²) in [6, 6.07) is 0. The quantitative estimate of drug-likeness (QED) is 0.363. The van der Waals surface area contributed by atoms with Crippen molar-refractivity contribution < 1.29 is 9.59 Å². The predicted octanol–water partition coefficient (Wildman–Crippen LogP) is -0.937. The first-order valence-electron chi connectivity index (χ1n) is 5.06. The van der Waals surface area contributed by atoms with Gasteiger partial charge in [-0.1, -0.05) is 6.08 Å². The van der Waals surface area contributed by atoms with Crippen LogP contribution in [0.4, 0.5) is 0 Å². The van der Waals surface area contributed by atoms with Gasteiger partial charge in [-0.25, -0.2) is 0 Å². The highest BCUT2D eigenvalue weighted by Crippen LogP contribution is 1.99. The van der Waals surface area contributed by atoms with Crippen LogP contribution in [0.15, 0.2) is 12.7 Å². The van der Waals surface area contributed by atoms with Crippen molar-refractivity contribution in [3.8, 4) is 0 Å². The Balaban J connectivity index is 2.23. The van der Waals surface area contributed by atoms with Crippen LogP contribution in [-0.4, -0.2) is 61.4 Å². The summed E-state index contributed by atoms with van der Waals surface area (Å²) < 4.78 is 0. The Kier molecular flexibility index (Phi) is 4.83. The fourth-order valence-corrected chi connectivity index (χ4v) is 1.47. The molecule has 0 bridgehead atoms. The number of nitrogens with one attached hydrogen (secondary N) is 1. The third-order valence-electron chi connectivity index (χ3n) is 2.38. The van der Waals surface area contributed by atoms with Crippen molar-refractivity contribution in [3.63, 3.8) is 0 Å². The maximum Gasteiger partial charge on any atom is 0.236 e. The van der Waals surface area contributed by atoms with Crippen molar-refractivity contribution in [2.45, 2.75) is 0 Å². The molecule has 1 fully saturated rings. The lowest BCUT2D eigenvalue weighted by Gasteiger charge is -2.32. The second kappa shape index (κ2) is 6.19. The van der Waals surface area contributed by atoms with Crippen LogP contribution in [0, 0.1) is 0 Å². The maximum atomic E-state index is 11.6. The summed E-state index contributed by atoms with van der Waals surface area (Å²) in [5.74, 6) is 0.0856. The molecule has 1 heterocycles. The summed E-state index contributed by atoms with van der Waals surface area (Å²) in [4.78, 5) is 25.5. The molecule has 1 aliphatic heterocycles. The molecule has 5 nitrogen and oxygen atoms in total. The van der Waals surface area contributed by atoms with Gasteiger partial charge in [0, 0.05) is 32.7 Å². The van der Waals surface area contributed by atoms with E-state index in [9.17, 15) is 9.59 Å². The molecule has 1 aliphatic rings. The highest BCUT2D eigenvalue weighted by molar-refractivity contribution is 5.78. The van der Waals surface area contributed by atoms with Gasteiger partial charge in [-0.05, 0) is 0 Å². The van der Waals surface area contributed by atoms with Crippen LogP contribution in [0.1, 0.15) is 0 Å². The van der Waals surface area contributed by atoms with Crippen molar-refractivity contribution in [2.75, 3.05) is 39.3 Å². The largest absolute Gasteiger partial charge is 0.342 e. The van der Waals surface area contributed by atoms with Gasteiger partial charge in [0.05, 0.1) is 6.54 Å².